The van der Waals surface area contributed by atoms with Gasteiger partial charge in [0.25, 0.3) is 0 Å². The van der Waals surface area contributed by atoms with Crippen LogP contribution in [0.4, 0.5) is 0 Å². The summed E-state index contributed by atoms with van der Waals surface area (Å²) in [5.74, 6) is 0.897. The van der Waals surface area contributed by atoms with E-state index in [1.165, 1.54) is 37.9 Å². The van der Waals surface area contributed by atoms with Crippen molar-refractivity contribution in [1.82, 2.24) is 4.90 Å². The number of likely N-dealkylation sites (tertiary alicyclic amines) is 1. The largest absolute Gasteiger partial charge is 0.296 e. The van der Waals surface area contributed by atoms with Crippen molar-refractivity contribution in [2.45, 2.75) is 39.2 Å². The fourth-order valence-corrected chi connectivity index (χ4v) is 2.86. The van der Waals surface area contributed by atoms with E-state index in [0.29, 0.717) is 6.04 Å². The SMILES string of the molecule is CCC(c1ccc(Cl)cc1)N1CCC(C)CC1. The summed E-state index contributed by atoms with van der Waals surface area (Å²) in [5, 5.41) is 0.830. The van der Waals surface area contributed by atoms with Gasteiger partial charge in [0.1, 0.15) is 0 Å². The van der Waals surface area contributed by atoms with Crippen molar-refractivity contribution in [2.24, 2.45) is 5.92 Å². The molecule has 0 aliphatic carbocycles. The minimum atomic E-state index is 0.569. The number of halogens is 1. The summed E-state index contributed by atoms with van der Waals surface area (Å²) in [7, 11) is 0. The number of rotatable bonds is 3. The van der Waals surface area contributed by atoms with Crippen molar-refractivity contribution < 1.29 is 0 Å². The Morgan fingerprint density at radius 3 is 2.35 bits per heavy atom. The van der Waals surface area contributed by atoms with Crippen molar-refractivity contribution in [3.05, 3.63) is 34.9 Å². The first-order valence-corrected chi connectivity index (χ1v) is 7.08. The van der Waals surface area contributed by atoms with Crippen molar-refractivity contribution in [3.8, 4) is 0 Å². The van der Waals surface area contributed by atoms with Gasteiger partial charge in [-0.05, 0) is 56.0 Å². The molecule has 0 spiro atoms. The van der Waals surface area contributed by atoms with Gasteiger partial charge in [0.15, 0.2) is 0 Å². The van der Waals surface area contributed by atoms with Crippen molar-refractivity contribution in [1.29, 1.82) is 0 Å². The Morgan fingerprint density at radius 1 is 1.24 bits per heavy atom. The predicted octanol–water partition coefficient (Wildman–Crippen LogP) is 4.52. The van der Waals surface area contributed by atoms with E-state index in [0.717, 1.165) is 10.9 Å². The molecule has 1 heterocycles. The molecule has 2 rings (SSSR count). The highest BCUT2D eigenvalue weighted by Gasteiger charge is 2.23. The van der Waals surface area contributed by atoms with Crippen LogP contribution in [0, 0.1) is 5.92 Å². The minimum Gasteiger partial charge on any atom is -0.296 e. The topological polar surface area (TPSA) is 3.24 Å². The lowest BCUT2D eigenvalue weighted by atomic mass is 9.95. The van der Waals surface area contributed by atoms with E-state index in [1.807, 2.05) is 12.1 Å². The Hall–Kier alpha value is -0.530. The second-order valence-electron chi connectivity index (χ2n) is 5.19. The second kappa shape index (κ2) is 5.88. The number of benzene rings is 1. The molecule has 1 fully saturated rings. The van der Waals surface area contributed by atoms with Crippen molar-refractivity contribution in [2.75, 3.05) is 13.1 Å². The molecule has 1 unspecified atom stereocenters. The lowest BCUT2D eigenvalue weighted by Crippen LogP contribution is -2.35. The molecule has 1 aliphatic heterocycles. The van der Waals surface area contributed by atoms with Crippen LogP contribution in [0.25, 0.3) is 0 Å². The highest BCUT2D eigenvalue weighted by atomic mass is 35.5. The quantitative estimate of drug-likeness (QED) is 0.763. The van der Waals surface area contributed by atoms with Crippen molar-refractivity contribution >= 4 is 11.6 Å². The van der Waals surface area contributed by atoms with Gasteiger partial charge in [0.05, 0.1) is 0 Å². The first-order valence-electron chi connectivity index (χ1n) is 6.70. The van der Waals surface area contributed by atoms with Crippen LogP contribution in [0.1, 0.15) is 44.7 Å². The Balaban J connectivity index is 2.08. The number of hydrogen-bond donors (Lipinski definition) is 0. The van der Waals surface area contributed by atoms with Gasteiger partial charge in [-0.15, -0.1) is 0 Å². The van der Waals surface area contributed by atoms with E-state index < -0.39 is 0 Å². The van der Waals surface area contributed by atoms with Crippen LogP contribution in [-0.4, -0.2) is 18.0 Å². The Kier molecular flexibility index (Phi) is 4.47. The van der Waals surface area contributed by atoms with Crippen LogP contribution in [0.5, 0.6) is 0 Å². The maximum atomic E-state index is 5.95. The number of hydrogen-bond acceptors (Lipinski definition) is 1. The summed E-state index contributed by atoms with van der Waals surface area (Å²) in [6.45, 7) is 7.11. The van der Waals surface area contributed by atoms with Gasteiger partial charge in [-0.1, -0.05) is 37.6 Å². The molecule has 2 heteroatoms. The zero-order valence-corrected chi connectivity index (χ0v) is 11.6. The molecule has 0 aromatic heterocycles. The van der Waals surface area contributed by atoms with Crippen LogP contribution in [0.2, 0.25) is 5.02 Å². The molecule has 0 saturated carbocycles. The smallest absolute Gasteiger partial charge is 0.0406 e. The summed E-state index contributed by atoms with van der Waals surface area (Å²) in [4.78, 5) is 2.63. The minimum absolute atomic E-state index is 0.569. The van der Waals surface area contributed by atoms with Gasteiger partial charge < -0.3 is 0 Å². The highest BCUT2D eigenvalue weighted by molar-refractivity contribution is 6.30. The maximum absolute atomic E-state index is 5.95. The van der Waals surface area contributed by atoms with E-state index in [9.17, 15) is 0 Å². The molecule has 1 aromatic carbocycles. The van der Waals surface area contributed by atoms with Gasteiger partial charge >= 0.3 is 0 Å². The zero-order chi connectivity index (χ0) is 12.3. The van der Waals surface area contributed by atoms with E-state index in [4.69, 9.17) is 11.6 Å². The van der Waals surface area contributed by atoms with Gasteiger partial charge in [-0.2, -0.15) is 0 Å². The van der Waals surface area contributed by atoms with Gasteiger partial charge in [-0.3, -0.25) is 4.90 Å². The molecule has 1 aliphatic rings. The van der Waals surface area contributed by atoms with Crippen molar-refractivity contribution in [3.63, 3.8) is 0 Å². The predicted molar refractivity (Wildman–Crippen MR) is 74.5 cm³/mol. The fourth-order valence-electron chi connectivity index (χ4n) is 2.73. The summed E-state index contributed by atoms with van der Waals surface area (Å²) in [5.41, 5.74) is 1.41. The highest BCUT2D eigenvalue weighted by Crippen LogP contribution is 2.29. The first-order chi connectivity index (χ1) is 8.20. The van der Waals surface area contributed by atoms with Crippen LogP contribution in [0.3, 0.4) is 0 Å². The number of nitrogens with zero attached hydrogens (tertiary/aromatic N) is 1. The Bertz CT molecular complexity index is 338. The van der Waals surface area contributed by atoms with E-state index in [2.05, 4.69) is 30.9 Å². The van der Waals surface area contributed by atoms with E-state index >= 15 is 0 Å². The third-order valence-corrected chi connectivity index (χ3v) is 4.15. The standard InChI is InChI=1S/C15H22ClN/c1-3-15(13-4-6-14(16)7-5-13)17-10-8-12(2)9-11-17/h4-7,12,15H,3,8-11H2,1-2H3. The third kappa shape index (κ3) is 3.23. The third-order valence-electron chi connectivity index (χ3n) is 3.90. The van der Waals surface area contributed by atoms with Gasteiger partial charge in [0.2, 0.25) is 0 Å². The number of piperidine rings is 1. The molecule has 1 nitrogen and oxygen atoms in total. The normalized spacial score (nSPS) is 20.4. The van der Waals surface area contributed by atoms with E-state index in [1.54, 1.807) is 0 Å². The summed E-state index contributed by atoms with van der Waals surface area (Å²) in [6.07, 6.45) is 3.85. The molecule has 0 N–H and O–H groups in total. The molecule has 0 bridgehead atoms. The van der Waals surface area contributed by atoms with Crippen LogP contribution < -0.4 is 0 Å². The second-order valence-corrected chi connectivity index (χ2v) is 5.63. The summed E-state index contributed by atoms with van der Waals surface area (Å²) >= 11 is 5.95. The first kappa shape index (κ1) is 12.9. The van der Waals surface area contributed by atoms with E-state index in [-0.39, 0.29) is 0 Å². The molecular weight excluding hydrogens is 230 g/mol. The molecule has 94 valence electrons. The Labute approximate surface area is 110 Å². The average Bonchev–Trinajstić information content (AvgIpc) is 2.35. The average molecular weight is 252 g/mol. The van der Waals surface area contributed by atoms with Crippen LogP contribution >= 0.6 is 11.6 Å². The fraction of sp³-hybridized carbons (Fsp3) is 0.600. The summed E-state index contributed by atoms with van der Waals surface area (Å²) in [6, 6.07) is 8.93. The summed E-state index contributed by atoms with van der Waals surface area (Å²) < 4.78 is 0. The maximum Gasteiger partial charge on any atom is 0.0406 e. The molecule has 0 radical (unpaired) electrons. The molecule has 0 amide bonds. The van der Waals surface area contributed by atoms with Gasteiger partial charge in [0, 0.05) is 11.1 Å². The molecule has 1 atom stereocenters. The molecule has 1 saturated heterocycles. The monoisotopic (exact) mass is 251 g/mol. The zero-order valence-electron chi connectivity index (χ0n) is 10.8. The Morgan fingerprint density at radius 2 is 1.82 bits per heavy atom. The lowest BCUT2D eigenvalue weighted by molar-refractivity contribution is 0.134. The van der Waals surface area contributed by atoms with Crippen LogP contribution in [0.15, 0.2) is 24.3 Å². The van der Waals surface area contributed by atoms with Gasteiger partial charge in [-0.25, -0.2) is 0 Å². The molecular formula is C15H22ClN. The lowest BCUT2D eigenvalue weighted by Gasteiger charge is -2.36. The van der Waals surface area contributed by atoms with Crippen LogP contribution in [-0.2, 0) is 0 Å². The molecule has 1 aromatic rings. The molecule has 17 heavy (non-hydrogen) atoms.